The van der Waals surface area contributed by atoms with Gasteiger partial charge >= 0.3 is 0 Å². The molecule has 0 unspecified atom stereocenters. The van der Waals surface area contributed by atoms with E-state index in [1.54, 1.807) is 12.1 Å². The Morgan fingerprint density at radius 2 is 1.79 bits per heavy atom. The molecular formula is C24H27Cl2N5O2S. The Morgan fingerprint density at radius 3 is 2.44 bits per heavy atom. The van der Waals surface area contributed by atoms with Crippen molar-refractivity contribution < 1.29 is 9.59 Å². The van der Waals surface area contributed by atoms with Gasteiger partial charge in [-0.3, -0.25) is 9.59 Å². The van der Waals surface area contributed by atoms with Crippen molar-refractivity contribution in [1.82, 2.24) is 25.4 Å². The van der Waals surface area contributed by atoms with Crippen molar-refractivity contribution in [3.63, 3.8) is 0 Å². The van der Waals surface area contributed by atoms with Gasteiger partial charge in [-0.05, 0) is 36.6 Å². The molecule has 7 nitrogen and oxygen atoms in total. The summed E-state index contributed by atoms with van der Waals surface area (Å²) >= 11 is 13.4. The van der Waals surface area contributed by atoms with E-state index in [2.05, 4.69) is 20.8 Å². The summed E-state index contributed by atoms with van der Waals surface area (Å²) < 4.78 is 1.93. The highest BCUT2D eigenvalue weighted by atomic mass is 35.5. The Balaban J connectivity index is 1.67. The van der Waals surface area contributed by atoms with Crippen LogP contribution in [0.25, 0.3) is 0 Å². The Labute approximate surface area is 213 Å². The van der Waals surface area contributed by atoms with E-state index in [4.69, 9.17) is 23.2 Å². The fourth-order valence-electron chi connectivity index (χ4n) is 3.30. The first kappa shape index (κ1) is 26.1. The normalized spacial score (nSPS) is 11.9. The van der Waals surface area contributed by atoms with Crippen LogP contribution < -0.4 is 10.6 Å². The Hall–Kier alpha value is -2.55. The van der Waals surface area contributed by atoms with Crippen molar-refractivity contribution in [1.29, 1.82) is 0 Å². The van der Waals surface area contributed by atoms with Gasteiger partial charge in [-0.2, -0.15) is 0 Å². The smallest absolute Gasteiger partial charge is 0.251 e. The molecule has 10 heteroatoms. The molecule has 2 N–H and O–H groups in total. The third-order valence-corrected chi connectivity index (χ3v) is 6.85. The van der Waals surface area contributed by atoms with E-state index in [0.717, 1.165) is 5.56 Å². The topological polar surface area (TPSA) is 88.9 Å². The van der Waals surface area contributed by atoms with Gasteiger partial charge in [0.25, 0.3) is 5.91 Å². The van der Waals surface area contributed by atoms with E-state index in [0.29, 0.717) is 39.7 Å². The van der Waals surface area contributed by atoms with E-state index >= 15 is 0 Å². The number of rotatable bonds is 10. The quantitative estimate of drug-likeness (QED) is 0.362. The van der Waals surface area contributed by atoms with Gasteiger partial charge in [-0.15, -0.1) is 10.2 Å². The van der Waals surface area contributed by atoms with Crippen LogP contribution in [0.2, 0.25) is 10.0 Å². The summed E-state index contributed by atoms with van der Waals surface area (Å²) in [5.74, 6) is 0.533. The fourth-order valence-corrected chi connectivity index (χ4v) is 4.44. The third-order valence-electron chi connectivity index (χ3n) is 5.14. The predicted molar refractivity (Wildman–Crippen MR) is 136 cm³/mol. The molecule has 0 aliphatic heterocycles. The van der Waals surface area contributed by atoms with Gasteiger partial charge in [0.05, 0.1) is 21.8 Å². The van der Waals surface area contributed by atoms with E-state index in [1.807, 2.05) is 55.7 Å². The number of carbonyl (C=O) groups excluding carboxylic acids is 2. The summed E-state index contributed by atoms with van der Waals surface area (Å²) in [6, 6.07) is 14.1. The number of amides is 2. The van der Waals surface area contributed by atoms with Crippen LogP contribution in [0.4, 0.5) is 0 Å². The van der Waals surface area contributed by atoms with Gasteiger partial charge in [0, 0.05) is 18.7 Å². The molecule has 180 valence electrons. The molecule has 1 aromatic heterocycles. The molecule has 0 aliphatic rings. The standard InChI is InChI=1S/C24H27Cl2N5O2S/c1-4-31-22(21(15(2)3)28-23(33)17-10-11-18(25)19(26)12-17)29-30-24(31)34-14-20(32)27-13-16-8-6-5-7-9-16/h5-12,15,21H,4,13-14H2,1-3H3,(H,27,32)(H,28,33)/t21-/m1/s1. The summed E-state index contributed by atoms with van der Waals surface area (Å²) in [5, 5.41) is 15.9. The monoisotopic (exact) mass is 519 g/mol. The molecular weight excluding hydrogens is 493 g/mol. The van der Waals surface area contributed by atoms with Crippen LogP contribution in [-0.4, -0.2) is 32.3 Å². The molecule has 0 aliphatic carbocycles. The molecule has 0 bridgehead atoms. The zero-order valence-corrected chi connectivity index (χ0v) is 21.5. The van der Waals surface area contributed by atoms with Crippen LogP contribution in [-0.2, 0) is 17.9 Å². The molecule has 2 aromatic carbocycles. The van der Waals surface area contributed by atoms with Gasteiger partial charge in [-0.25, -0.2) is 0 Å². The lowest BCUT2D eigenvalue weighted by molar-refractivity contribution is -0.118. The van der Waals surface area contributed by atoms with Crippen molar-refractivity contribution in [3.05, 3.63) is 75.5 Å². The highest BCUT2D eigenvalue weighted by Gasteiger charge is 2.26. The summed E-state index contributed by atoms with van der Waals surface area (Å²) in [6.07, 6.45) is 0. The molecule has 0 spiro atoms. The molecule has 1 heterocycles. The first-order chi connectivity index (χ1) is 16.3. The van der Waals surface area contributed by atoms with Crippen LogP contribution in [0.1, 0.15) is 48.6 Å². The first-order valence-electron chi connectivity index (χ1n) is 10.9. The predicted octanol–water partition coefficient (Wildman–Crippen LogP) is 5.14. The number of nitrogens with zero attached hydrogens (tertiary/aromatic N) is 3. The molecule has 0 radical (unpaired) electrons. The Morgan fingerprint density at radius 1 is 1.06 bits per heavy atom. The minimum atomic E-state index is -0.379. The molecule has 0 fully saturated rings. The zero-order valence-electron chi connectivity index (χ0n) is 19.2. The maximum atomic E-state index is 12.9. The van der Waals surface area contributed by atoms with Crippen molar-refractivity contribution in [3.8, 4) is 0 Å². The van der Waals surface area contributed by atoms with Gasteiger partial charge in [0.1, 0.15) is 0 Å². The lowest BCUT2D eigenvalue weighted by Crippen LogP contribution is -2.33. The minimum absolute atomic E-state index is 0.0493. The second kappa shape index (κ2) is 12.2. The number of nitrogens with one attached hydrogen (secondary N) is 2. The minimum Gasteiger partial charge on any atom is -0.351 e. The lowest BCUT2D eigenvalue weighted by atomic mass is 10.0. The van der Waals surface area contributed by atoms with Gasteiger partial charge in [0.15, 0.2) is 11.0 Å². The molecule has 3 rings (SSSR count). The Bertz CT molecular complexity index is 1140. The maximum absolute atomic E-state index is 12.9. The van der Waals surface area contributed by atoms with Crippen molar-refractivity contribution in [2.45, 2.75) is 45.1 Å². The van der Waals surface area contributed by atoms with Gasteiger partial charge < -0.3 is 15.2 Å². The van der Waals surface area contributed by atoms with Crippen LogP contribution in [0.15, 0.2) is 53.7 Å². The van der Waals surface area contributed by atoms with Crippen LogP contribution in [0.3, 0.4) is 0 Å². The number of benzene rings is 2. The third kappa shape index (κ3) is 6.74. The number of hydrogen-bond acceptors (Lipinski definition) is 5. The summed E-state index contributed by atoms with van der Waals surface area (Å²) in [6.45, 7) is 7.05. The van der Waals surface area contributed by atoms with Crippen molar-refractivity contribution in [2.24, 2.45) is 5.92 Å². The lowest BCUT2D eigenvalue weighted by Gasteiger charge is -2.22. The molecule has 1 atom stereocenters. The molecule has 2 amide bonds. The van der Waals surface area contributed by atoms with Crippen LogP contribution in [0, 0.1) is 5.92 Å². The molecule has 34 heavy (non-hydrogen) atoms. The highest BCUT2D eigenvalue weighted by Crippen LogP contribution is 2.27. The summed E-state index contributed by atoms with van der Waals surface area (Å²) in [4.78, 5) is 25.2. The molecule has 3 aromatic rings. The number of aromatic nitrogens is 3. The maximum Gasteiger partial charge on any atom is 0.251 e. The highest BCUT2D eigenvalue weighted by molar-refractivity contribution is 7.99. The average Bonchev–Trinajstić information content (AvgIpc) is 3.24. The van der Waals surface area contributed by atoms with Crippen molar-refractivity contribution >= 4 is 46.8 Å². The Kier molecular flexibility index (Phi) is 9.38. The zero-order chi connectivity index (χ0) is 24.7. The number of carbonyl (C=O) groups is 2. The summed E-state index contributed by atoms with van der Waals surface area (Å²) in [7, 11) is 0. The van der Waals surface area contributed by atoms with E-state index in [-0.39, 0.29) is 29.5 Å². The van der Waals surface area contributed by atoms with E-state index in [1.165, 1.54) is 17.8 Å². The number of hydrogen-bond donors (Lipinski definition) is 2. The fraction of sp³-hybridized carbons (Fsp3) is 0.333. The van der Waals surface area contributed by atoms with Gasteiger partial charge in [0.2, 0.25) is 5.91 Å². The van der Waals surface area contributed by atoms with Crippen LogP contribution in [0.5, 0.6) is 0 Å². The SMILES string of the molecule is CCn1c(SCC(=O)NCc2ccccc2)nnc1[C@H](NC(=O)c1ccc(Cl)c(Cl)c1)C(C)C. The summed E-state index contributed by atoms with van der Waals surface area (Å²) in [5.41, 5.74) is 1.45. The van der Waals surface area contributed by atoms with E-state index in [9.17, 15) is 9.59 Å². The van der Waals surface area contributed by atoms with Crippen LogP contribution >= 0.6 is 35.0 Å². The molecule has 0 saturated carbocycles. The number of thioether (sulfide) groups is 1. The molecule has 0 saturated heterocycles. The average molecular weight is 520 g/mol. The van der Waals surface area contributed by atoms with E-state index < -0.39 is 0 Å². The van der Waals surface area contributed by atoms with Crippen molar-refractivity contribution in [2.75, 3.05) is 5.75 Å². The second-order valence-corrected chi connectivity index (χ2v) is 9.72. The number of halogens is 2. The second-order valence-electron chi connectivity index (χ2n) is 7.96. The van der Waals surface area contributed by atoms with Gasteiger partial charge in [-0.1, -0.05) is 79.1 Å². The largest absolute Gasteiger partial charge is 0.351 e. The first-order valence-corrected chi connectivity index (χ1v) is 12.7.